The van der Waals surface area contributed by atoms with Crippen molar-refractivity contribution in [2.45, 2.75) is 76.8 Å². The third-order valence-electron chi connectivity index (χ3n) is 4.19. The fourth-order valence-corrected chi connectivity index (χ4v) is 4.30. The maximum atomic E-state index is 2.32. The largest absolute Gasteiger partial charge is 0.0587 e. The van der Waals surface area contributed by atoms with Gasteiger partial charge in [-0.1, -0.05) is 81.2 Å². The first-order chi connectivity index (χ1) is 9.34. The van der Waals surface area contributed by atoms with Crippen molar-refractivity contribution in [1.29, 1.82) is 0 Å². The molecule has 0 amide bonds. The van der Waals surface area contributed by atoms with Gasteiger partial charge >= 0.3 is 0 Å². The molecule has 0 aromatic heterocycles. The first kappa shape index (κ1) is 15.0. The molecule has 0 bridgehead atoms. The van der Waals surface area contributed by atoms with Crippen LogP contribution in [0.4, 0.5) is 0 Å². The molecule has 1 heteroatoms. The van der Waals surface area contributed by atoms with Crippen LogP contribution in [0.25, 0.3) is 0 Å². The summed E-state index contributed by atoms with van der Waals surface area (Å²) >= 11 is 0. The fraction of sp³-hybridized carbons (Fsp3) is 0.667. The Kier molecular flexibility index (Phi) is 6.93. The van der Waals surface area contributed by atoms with Gasteiger partial charge in [-0.3, -0.25) is 0 Å². The highest BCUT2D eigenvalue weighted by atomic mass is 31.1. The van der Waals surface area contributed by atoms with E-state index in [1.165, 1.54) is 75.1 Å². The summed E-state index contributed by atoms with van der Waals surface area (Å²) in [6, 6.07) is 9.16. The number of rotatable bonds is 2. The van der Waals surface area contributed by atoms with Crippen molar-refractivity contribution < 1.29 is 0 Å². The summed E-state index contributed by atoms with van der Waals surface area (Å²) in [6.45, 7) is 2.17. The SMILES string of the molecule is Cc1ccc([P]C2CCCCCCCCCC2)cc1. The zero-order valence-corrected chi connectivity index (χ0v) is 13.3. The molecule has 0 atom stereocenters. The van der Waals surface area contributed by atoms with Gasteiger partial charge in [0.1, 0.15) is 0 Å². The van der Waals surface area contributed by atoms with Crippen LogP contribution in [0.1, 0.15) is 69.8 Å². The standard InChI is InChI=1S/C18H28P/c1-16-12-14-18(15-13-16)19-17-10-8-6-4-2-3-5-7-9-11-17/h12-15,17H,2-11H2,1H3. The van der Waals surface area contributed by atoms with Crippen molar-refractivity contribution in [2.24, 2.45) is 0 Å². The van der Waals surface area contributed by atoms with Gasteiger partial charge in [0.25, 0.3) is 0 Å². The van der Waals surface area contributed by atoms with Crippen molar-refractivity contribution in [3.63, 3.8) is 0 Å². The van der Waals surface area contributed by atoms with Gasteiger partial charge in [-0.15, -0.1) is 0 Å². The summed E-state index contributed by atoms with van der Waals surface area (Å²) in [5.74, 6) is 0. The molecule has 0 spiro atoms. The van der Waals surface area contributed by atoms with Crippen LogP contribution in [0.3, 0.4) is 0 Å². The highest BCUT2D eigenvalue weighted by Gasteiger charge is 2.11. The van der Waals surface area contributed by atoms with Crippen molar-refractivity contribution in [3.05, 3.63) is 29.8 Å². The third-order valence-corrected chi connectivity index (χ3v) is 5.67. The van der Waals surface area contributed by atoms with Crippen LogP contribution < -0.4 is 5.30 Å². The van der Waals surface area contributed by atoms with Gasteiger partial charge in [0.2, 0.25) is 0 Å². The molecule has 0 saturated heterocycles. The zero-order chi connectivity index (χ0) is 13.3. The average molecular weight is 275 g/mol. The molecular weight excluding hydrogens is 247 g/mol. The topological polar surface area (TPSA) is 0 Å². The third kappa shape index (κ3) is 6.09. The molecule has 1 aromatic rings. The number of hydrogen-bond acceptors (Lipinski definition) is 0. The van der Waals surface area contributed by atoms with Crippen LogP contribution in [0.5, 0.6) is 0 Å². The molecule has 1 aromatic carbocycles. The lowest BCUT2D eigenvalue weighted by molar-refractivity contribution is 0.585. The summed E-state index contributed by atoms with van der Waals surface area (Å²) in [4.78, 5) is 0. The Bertz CT molecular complexity index is 329. The fourth-order valence-electron chi connectivity index (χ4n) is 2.94. The highest BCUT2D eigenvalue weighted by Crippen LogP contribution is 2.29. The Balaban J connectivity index is 1.85. The normalized spacial score (nSPS) is 20.5. The minimum Gasteiger partial charge on any atom is -0.0587 e. The van der Waals surface area contributed by atoms with Gasteiger partial charge in [0.15, 0.2) is 0 Å². The van der Waals surface area contributed by atoms with Crippen LogP contribution in [-0.2, 0) is 0 Å². The lowest BCUT2D eigenvalue weighted by atomic mass is 10.1. The van der Waals surface area contributed by atoms with Crippen LogP contribution in [0.2, 0.25) is 0 Å². The second kappa shape index (κ2) is 8.75. The summed E-state index contributed by atoms with van der Waals surface area (Å²) in [5, 5.41) is 1.52. The van der Waals surface area contributed by atoms with E-state index in [-0.39, 0.29) is 0 Å². The van der Waals surface area contributed by atoms with E-state index in [9.17, 15) is 0 Å². The lowest BCUT2D eigenvalue weighted by Gasteiger charge is -2.16. The maximum Gasteiger partial charge on any atom is -0.0127 e. The minimum absolute atomic E-state index is 0.904. The Labute approximate surface area is 121 Å². The summed E-state index contributed by atoms with van der Waals surface area (Å²) in [5.41, 5.74) is 2.28. The average Bonchev–Trinajstić information content (AvgIpc) is 2.47. The number of benzene rings is 1. The first-order valence-electron chi connectivity index (χ1n) is 8.12. The van der Waals surface area contributed by atoms with E-state index in [1.807, 2.05) is 0 Å². The molecule has 1 saturated carbocycles. The molecule has 19 heavy (non-hydrogen) atoms. The molecule has 1 radical (unpaired) electrons. The van der Waals surface area contributed by atoms with Crippen LogP contribution in [0.15, 0.2) is 24.3 Å². The number of hydrogen-bond donors (Lipinski definition) is 0. The molecule has 2 rings (SSSR count). The van der Waals surface area contributed by atoms with Crippen molar-refractivity contribution in [2.75, 3.05) is 0 Å². The molecular formula is C18H28P. The molecule has 1 aliphatic carbocycles. The summed E-state index contributed by atoms with van der Waals surface area (Å²) in [7, 11) is 1.58. The van der Waals surface area contributed by atoms with E-state index >= 15 is 0 Å². The lowest BCUT2D eigenvalue weighted by Crippen LogP contribution is -2.07. The predicted octanol–water partition coefficient (Wildman–Crippen LogP) is 5.85. The molecule has 105 valence electrons. The first-order valence-corrected chi connectivity index (χ1v) is 9.08. The minimum atomic E-state index is 0.904. The van der Waals surface area contributed by atoms with Crippen LogP contribution in [0, 0.1) is 6.92 Å². The summed E-state index contributed by atoms with van der Waals surface area (Å²) < 4.78 is 0. The summed E-state index contributed by atoms with van der Waals surface area (Å²) in [6.07, 6.45) is 14.6. The predicted molar refractivity (Wildman–Crippen MR) is 87.7 cm³/mol. The molecule has 1 fully saturated rings. The molecule has 0 N–H and O–H groups in total. The Hall–Kier alpha value is -0.350. The monoisotopic (exact) mass is 275 g/mol. The van der Waals surface area contributed by atoms with Gasteiger partial charge < -0.3 is 0 Å². The molecule has 0 unspecified atom stereocenters. The quantitative estimate of drug-likeness (QED) is 0.594. The van der Waals surface area contributed by atoms with Gasteiger partial charge in [-0.25, -0.2) is 0 Å². The van der Waals surface area contributed by atoms with Crippen molar-refractivity contribution in [3.8, 4) is 0 Å². The van der Waals surface area contributed by atoms with Crippen molar-refractivity contribution in [1.82, 2.24) is 0 Å². The van der Waals surface area contributed by atoms with E-state index in [0.29, 0.717) is 0 Å². The van der Waals surface area contributed by atoms with E-state index in [2.05, 4.69) is 31.2 Å². The maximum absolute atomic E-state index is 2.32. The van der Waals surface area contributed by atoms with Gasteiger partial charge in [0.05, 0.1) is 0 Å². The van der Waals surface area contributed by atoms with Gasteiger partial charge in [-0.2, -0.15) is 0 Å². The molecule has 0 nitrogen and oxygen atoms in total. The van der Waals surface area contributed by atoms with E-state index in [0.717, 1.165) is 5.66 Å². The molecule has 1 aliphatic rings. The van der Waals surface area contributed by atoms with E-state index in [1.54, 1.807) is 8.58 Å². The van der Waals surface area contributed by atoms with Crippen LogP contribution in [-0.4, -0.2) is 5.66 Å². The Morgan fingerprint density at radius 1 is 0.737 bits per heavy atom. The second-order valence-electron chi connectivity index (χ2n) is 6.02. The van der Waals surface area contributed by atoms with Crippen molar-refractivity contribution >= 4 is 13.9 Å². The zero-order valence-electron chi connectivity index (χ0n) is 12.4. The van der Waals surface area contributed by atoms with E-state index < -0.39 is 0 Å². The number of aryl methyl sites for hydroxylation is 1. The van der Waals surface area contributed by atoms with E-state index in [4.69, 9.17) is 0 Å². The molecule has 0 heterocycles. The second-order valence-corrected chi connectivity index (χ2v) is 7.53. The van der Waals surface area contributed by atoms with Gasteiger partial charge in [0, 0.05) is 0 Å². The Morgan fingerprint density at radius 3 is 1.74 bits per heavy atom. The van der Waals surface area contributed by atoms with Gasteiger partial charge in [-0.05, 0) is 39.3 Å². The van der Waals surface area contributed by atoms with Crippen LogP contribution >= 0.6 is 8.58 Å². The highest BCUT2D eigenvalue weighted by molar-refractivity contribution is 7.48. The molecule has 0 aliphatic heterocycles. The Morgan fingerprint density at radius 2 is 1.21 bits per heavy atom. The smallest absolute Gasteiger partial charge is 0.0127 e.